The van der Waals surface area contributed by atoms with Gasteiger partial charge in [-0.1, -0.05) is 35.0 Å². The van der Waals surface area contributed by atoms with E-state index >= 15 is 0 Å². The van der Waals surface area contributed by atoms with Gasteiger partial charge in [0, 0.05) is 23.6 Å². The van der Waals surface area contributed by atoms with Crippen molar-refractivity contribution >= 4 is 5.97 Å². The Morgan fingerprint density at radius 1 is 1.00 bits per heavy atom. The van der Waals surface area contributed by atoms with Crippen molar-refractivity contribution in [2.75, 3.05) is 0 Å². The Morgan fingerprint density at radius 2 is 1.84 bits per heavy atom. The van der Waals surface area contributed by atoms with E-state index in [1.807, 2.05) is 53.3 Å². The summed E-state index contributed by atoms with van der Waals surface area (Å²) in [5.41, 5.74) is 2.95. The summed E-state index contributed by atoms with van der Waals surface area (Å²) in [6.07, 6.45) is 8.08. The first-order valence-electron chi connectivity index (χ1n) is 8.14. The zero-order valence-corrected chi connectivity index (χ0v) is 13.8. The first kappa shape index (κ1) is 16.7. The number of hydrogen-bond donors (Lipinski definition) is 0. The van der Waals surface area contributed by atoms with Crippen molar-refractivity contribution in [2.24, 2.45) is 0 Å². The van der Waals surface area contributed by atoms with Gasteiger partial charge >= 0.3 is 5.97 Å². The molecule has 3 rings (SSSR count). The van der Waals surface area contributed by atoms with Crippen LogP contribution < -0.4 is 4.68 Å². The molecular formula is C19H19N4O2+. The van der Waals surface area contributed by atoms with Crippen molar-refractivity contribution in [3.63, 3.8) is 0 Å². The molecule has 126 valence electrons. The van der Waals surface area contributed by atoms with Gasteiger partial charge in [0.2, 0.25) is 0 Å². The van der Waals surface area contributed by atoms with Crippen LogP contribution >= 0.6 is 0 Å². The van der Waals surface area contributed by atoms with E-state index < -0.39 is 0 Å². The Morgan fingerprint density at radius 3 is 2.56 bits per heavy atom. The van der Waals surface area contributed by atoms with Crippen LogP contribution in [0.1, 0.15) is 18.4 Å². The highest BCUT2D eigenvalue weighted by Gasteiger charge is 2.08. The number of ether oxygens (including phenoxy) is 1. The van der Waals surface area contributed by atoms with Gasteiger partial charge in [-0.2, -0.15) is 10.2 Å². The molecule has 0 unspecified atom stereocenters. The van der Waals surface area contributed by atoms with Gasteiger partial charge in [-0.05, 0) is 16.7 Å². The Balaban J connectivity index is 1.42. The first-order valence-corrected chi connectivity index (χ1v) is 8.14. The largest absolute Gasteiger partial charge is 0.461 e. The Bertz CT molecular complexity index is 793. The van der Waals surface area contributed by atoms with Crippen LogP contribution in [0.2, 0.25) is 0 Å². The second-order valence-corrected chi connectivity index (χ2v) is 5.56. The third kappa shape index (κ3) is 5.17. The van der Waals surface area contributed by atoms with Crippen molar-refractivity contribution < 1.29 is 14.2 Å². The fraction of sp³-hybridized carbons (Fsp3) is 0.211. The molecule has 0 atom stereocenters. The lowest BCUT2D eigenvalue weighted by molar-refractivity contribution is -0.754. The molecule has 0 spiro atoms. The van der Waals surface area contributed by atoms with Crippen molar-refractivity contribution in [1.29, 1.82) is 0 Å². The Labute approximate surface area is 146 Å². The lowest BCUT2D eigenvalue weighted by Gasteiger charge is -2.03. The normalized spacial score (nSPS) is 10.4. The predicted molar refractivity (Wildman–Crippen MR) is 90.9 cm³/mol. The van der Waals surface area contributed by atoms with Crippen LogP contribution in [0.25, 0.3) is 11.1 Å². The molecule has 0 radical (unpaired) electrons. The fourth-order valence-corrected chi connectivity index (χ4v) is 2.34. The molecular weight excluding hydrogens is 316 g/mol. The second kappa shape index (κ2) is 8.63. The highest BCUT2D eigenvalue weighted by atomic mass is 16.5. The molecule has 0 aliphatic heterocycles. The van der Waals surface area contributed by atoms with Crippen molar-refractivity contribution in [2.45, 2.75) is 26.0 Å². The zero-order valence-electron chi connectivity index (χ0n) is 13.8. The van der Waals surface area contributed by atoms with Gasteiger partial charge in [-0.15, -0.1) is 0 Å². The molecule has 1 aromatic carbocycles. The highest BCUT2D eigenvalue weighted by Crippen LogP contribution is 2.13. The molecule has 0 saturated carbocycles. The second-order valence-electron chi connectivity index (χ2n) is 5.56. The van der Waals surface area contributed by atoms with E-state index in [0.29, 0.717) is 26.0 Å². The van der Waals surface area contributed by atoms with Gasteiger partial charge in [0.25, 0.3) is 0 Å². The lowest BCUT2D eigenvalue weighted by atomic mass is 10.1. The van der Waals surface area contributed by atoms with E-state index in [2.05, 4.69) is 15.3 Å². The monoisotopic (exact) mass is 335 g/mol. The van der Waals surface area contributed by atoms with Crippen molar-refractivity contribution in [3.8, 4) is 11.1 Å². The number of carbonyl (C=O) groups is 1. The summed E-state index contributed by atoms with van der Waals surface area (Å²) in [6, 6.07) is 13.5. The maximum absolute atomic E-state index is 11.8. The van der Waals surface area contributed by atoms with Gasteiger partial charge in [0.05, 0.1) is 18.8 Å². The summed E-state index contributed by atoms with van der Waals surface area (Å²) in [5.74, 6) is -0.191. The molecule has 0 aliphatic rings. The van der Waals surface area contributed by atoms with Gasteiger partial charge in [-0.3, -0.25) is 4.79 Å². The number of aryl methyl sites for hydroxylation is 1. The number of hydrogen-bond acceptors (Lipinski definition) is 5. The average molecular weight is 335 g/mol. The van der Waals surface area contributed by atoms with E-state index in [9.17, 15) is 4.79 Å². The number of benzene rings is 1. The van der Waals surface area contributed by atoms with Crippen LogP contribution in [-0.4, -0.2) is 21.3 Å². The minimum atomic E-state index is -0.191. The van der Waals surface area contributed by atoms with E-state index in [1.165, 1.54) is 0 Å². The molecule has 0 saturated heterocycles. The minimum Gasteiger partial charge on any atom is -0.461 e. The minimum absolute atomic E-state index is 0.191. The highest BCUT2D eigenvalue weighted by molar-refractivity contribution is 5.69. The standard InChI is InChI=1S/C19H19N4O2/c24-19(25-15-16-5-2-1-3-6-16)7-4-11-23-12-9-18(14-22-23)17-8-10-20-21-13-17/h1-3,5-6,8-10,12-14H,4,7,11,15H2/q+1. The van der Waals surface area contributed by atoms with Gasteiger partial charge in [-0.25, -0.2) is 0 Å². The number of rotatable bonds is 7. The van der Waals surface area contributed by atoms with Gasteiger partial charge < -0.3 is 4.74 Å². The smallest absolute Gasteiger partial charge is 0.306 e. The quantitative estimate of drug-likeness (QED) is 0.490. The molecule has 6 heteroatoms. The van der Waals surface area contributed by atoms with Gasteiger partial charge in [0.1, 0.15) is 12.8 Å². The molecule has 0 bridgehead atoms. The third-order valence-corrected chi connectivity index (χ3v) is 3.70. The van der Waals surface area contributed by atoms with Crippen LogP contribution in [0, 0.1) is 0 Å². The zero-order chi connectivity index (χ0) is 17.3. The van der Waals surface area contributed by atoms with Crippen LogP contribution in [0.15, 0.2) is 67.3 Å². The number of carbonyl (C=O) groups excluding carboxylic acids is 1. The van der Waals surface area contributed by atoms with E-state index in [4.69, 9.17) is 4.74 Å². The van der Waals surface area contributed by atoms with Crippen molar-refractivity contribution in [1.82, 2.24) is 15.3 Å². The topological polar surface area (TPSA) is 68.9 Å². The third-order valence-electron chi connectivity index (χ3n) is 3.70. The average Bonchev–Trinajstić information content (AvgIpc) is 2.68. The molecule has 6 nitrogen and oxygen atoms in total. The summed E-state index contributed by atoms with van der Waals surface area (Å²) in [4.78, 5) is 11.8. The lowest BCUT2D eigenvalue weighted by Crippen LogP contribution is -2.37. The maximum Gasteiger partial charge on any atom is 0.306 e. The van der Waals surface area contributed by atoms with Crippen LogP contribution in [0.5, 0.6) is 0 Å². The fourth-order valence-electron chi connectivity index (χ4n) is 2.34. The molecule has 2 heterocycles. The predicted octanol–water partition coefficient (Wildman–Crippen LogP) is 2.35. The molecule has 25 heavy (non-hydrogen) atoms. The Hall–Kier alpha value is -3.15. The Kier molecular flexibility index (Phi) is 5.77. The SMILES string of the molecule is O=C(CCC[n+]1ccc(-c2ccnnc2)cn1)OCc1ccccc1. The molecule has 3 aromatic rings. The molecule has 0 N–H and O–H groups in total. The van der Waals surface area contributed by atoms with E-state index in [1.54, 1.807) is 18.6 Å². The summed E-state index contributed by atoms with van der Waals surface area (Å²) < 4.78 is 7.07. The molecule has 0 aliphatic carbocycles. The molecule has 0 amide bonds. The number of nitrogens with zero attached hydrogens (tertiary/aromatic N) is 4. The summed E-state index contributed by atoms with van der Waals surface area (Å²) >= 11 is 0. The van der Waals surface area contributed by atoms with Crippen LogP contribution in [-0.2, 0) is 22.7 Å². The summed E-state index contributed by atoms with van der Waals surface area (Å²) in [6.45, 7) is 0.981. The maximum atomic E-state index is 11.8. The van der Waals surface area contributed by atoms with Crippen LogP contribution in [0.4, 0.5) is 0 Å². The van der Waals surface area contributed by atoms with Crippen LogP contribution in [0.3, 0.4) is 0 Å². The van der Waals surface area contributed by atoms with Gasteiger partial charge in [0.15, 0.2) is 12.7 Å². The van der Waals surface area contributed by atoms with Crippen molar-refractivity contribution in [3.05, 3.63) is 72.8 Å². The molecule has 0 fully saturated rings. The first-order chi connectivity index (χ1) is 12.3. The molecule has 2 aromatic heterocycles. The summed E-state index contributed by atoms with van der Waals surface area (Å²) in [5, 5.41) is 12.0. The summed E-state index contributed by atoms with van der Waals surface area (Å²) in [7, 11) is 0. The van der Waals surface area contributed by atoms with E-state index in [0.717, 1.165) is 16.7 Å². The number of aromatic nitrogens is 4. The number of esters is 1. The van der Waals surface area contributed by atoms with E-state index in [-0.39, 0.29) is 5.97 Å².